The summed E-state index contributed by atoms with van der Waals surface area (Å²) in [5.74, 6) is 0.0649. The molecular formula is C22H20N8O2. The van der Waals surface area contributed by atoms with Crippen molar-refractivity contribution >= 4 is 23.3 Å². The molecule has 10 heteroatoms. The highest BCUT2D eigenvalue weighted by Gasteiger charge is 2.17. The number of carbonyl (C=O) groups excluding carboxylic acids is 2. The molecule has 2 N–H and O–H groups in total. The smallest absolute Gasteiger partial charge is 0.275 e. The summed E-state index contributed by atoms with van der Waals surface area (Å²) < 4.78 is 1.89. The second kappa shape index (κ2) is 9.13. The number of rotatable bonds is 6. The summed E-state index contributed by atoms with van der Waals surface area (Å²) >= 11 is 0. The second-order valence-corrected chi connectivity index (χ2v) is 7.11. The third kappa shape index (κ3) is 4.48. The number of aromatic nitrogens is 6. The summed E-state index contributed by atoms with van der Waals surface area (Å²) in [6.45, 7) is 4.04. The van der Waals surface area contributed by atoms with Crippen LogP contribution in [0.25, 0.3) is 11.5 Å². The van der Waals surface area contributed by atoms with Gasteiger partial charge < -0.3 is 15.2 Å². The van der Waals surface area contributed by atoms with Gasteiger partial charge in [-0.25, -0.2) is 9.97 Å². The fraction of sp³-hybridized carbons (Fsp3) is 0.136. The van der Waals surface area contributed by atoms with E-state index in [0.29, 0.717) is 23.0 Å². The first kappa shape index (κ1) is 20.8. The summed E-state index contributed by atoms with van der Waals surface area (Å²) in [4.78, 5) is 37.8. The predicted octanol–water partition coefficient (Wildman–Crippen LogP) is 3.22. The molecule has 32 heavy (non-hydrogen) atoms. The minimum atomic E-state index is -0.466. The van der Waals surface area contributed by atoms with Crippen LogP contribution in [0.3, 0.4) is 0 Å². The second-order valence-electron chi connectivity index (χ2n) is 7.11. The number of hydrogen-bond donors (Lipinski definition) is 2. The van der Waals surface area contributed by atoms with Crippen LogP contribution < -0.4 is 10.6 Å². The van der Waals surface area contributed by atoms with Crippen LogP contribution in [0.4, 0.5) is 11.5 Å². The van der Waals surface area contributed by atoms with Crippen molar-refractivity contribution in [2.45, 2.75) is 19.9 Å². The van der Waals surface area contributed by atoms with E-state index in [1.807, 2.05) is 18.4 Å². The summed E-state index contributed by atoms with van der Waals surface area (Å²) in [7, 11) is 0. The van der Waals surface area contributed by atoms with Gasteiger partial charge in [-0.15, -0.1) is 10.2 Å². The van der Waals surface area contributed by atoms with Gasteiger partial charge >= 0.3 is 0 Å². The van der Waals surface area contributed by atoms with Crippen molar-refractivity contribution in [1.82, 2.24) is 29.7 Å². The highest BCUT2D eigenvalue weighted by Crippen LogP contribution is 2.21. The number of hydrogen-bond acceptors (Lipinski definition) is 7. The number of benzene rings is 1. The minimum Gasteiger partial charge on any atom is -0.320 e. The lowest BCUT2D eigenvalue weighted by molar-refractivity contribution is 0.102. The molecule has 0 spiro atoms. The Hall–Kier alpha value is -4.47. The Morgan fingerprint density at radius 1 is 0.969 bits per heavy atom. The molecule has 0 aliphatic heterocycles. The molecule has 0 aliphatic rings. The van der Waals surface area contributed by atoms with Gasteiger partial charge in [-0.1, -0.05) is 18.2 Å². The number of pyridine rings is 1. The van der Waals surface area contributed by atoms with Gasteiger partial charge in [0.1, 0.15) is 23.5 Å². The summed E-state index contributed by atoms with van der Waals surface area (Å²) in [5, 5.41) is 13.6. The Labute approximate surface area is 183 Å². The maximum Gasteiger partial charge on any atom is 0.275 e. The van der Waals surface area contributed by atoms with Crippen LogP contribution in [0.15, 0.2) is 67.4 Å². The number of para-hydroxylation sites is 1. The van der Waals surface area contributed by atoms with Crippen molar-refractivity contribution in [3.63, 3.8) is 0 Å². The molecule has 4 aromatic rings. The number of anilines is 2. The number of nitrogens with one attached hydrogen (secondary N) is 2. The van der Waals surface area contributed by atoms with Crippen molar-refractivity contribution in [2.24, 2.45) is 0 Å². The van der Waals surface area contributed by atoms with Crippen molar-refractivity contribution in [3.8, 4) is 11.5 Å². The van der Waals surface area contributed by atoms with E-state index < -0.39 is 11.8 Å². The Balaban J connectivity index is 1.55. The fourth-order valence-electron chi connectivity index (χ4n) is 3.01. The molecular weight excluding hydrogens is 408 g/mol. The molecule has 0 aliphatic carbocycles. The number of amides is 2. The topological polar surface area (TPSA) is 128 Å². The standard InChI is InChI=1S/C22H20N8O2/c1-14(2)30-13-25-29-20(30)17-8-5-9-19(26-17)28-21(31)15-6-3-4-7-16(15)27-22(32)18-12-23-10-11-24-18/h3-14H,1-2H3,(H,27,32)(H,26,28,31). The molecule has 0 atom stereocenters. The molecule has 0 fully saturated rings. The van der Waals surface area contributed by atoms with Crippen molar-refractivity contribution in [1.29, 1.82) is 0 Å². The third-order valence-corrected chi connectivity index (χ3v) is 4.56. The Morgan fingerprint density at radius 2 is 1.81 bits per heavy atom. The van der Waals surface area contributed by atoms with E-state index in [1.165, 1.54) is 18.6 Å². The van der Waals surface area contributed by atoms with E-state index >= 15 is 0 Å². The molecule has 160 valence electrons. The molecule has 3 heterocycles. The van der Waals surface area contributed by atoms with Crippen LogP contribution in [-0.4, -0.2) is 41.5 Å². The molecule has 0 saturated heterocycles. The number of nitrogens with zero attached hydrogens (tertiary/aromatic N) is 6. The fourth-order valence-corrected chi connectivity index (χ4v) is 3.01. The van der Waals surface area contributed by atoms with Gasteiger partial charge in [-0.2, -0.15) is 0 Å². The zero-order chi connectivity index (χ0) is 22.5. The molecule has 0 unspecified atom stereocenters. The van der Waals surface area contributed by atoms with Gasteiger partial charge in [0.15, 0.2) is 5.82 Å². The quantitative estimate of drug-likeness (QED) is 0.483. The van der Waals surface area contributed by atoms with E-state index in [9.17, 15) is 9.59 Å². The first-order chi connectivity index (χ1) is 15.5. The zero-order valence-electron chi connectivity index (χ0n) is 17.4. The highest BCUT2D eigenvalue weighted by molar-refractivity contribution is 6.11. The van der Waals surface area contributed by atoms with E-state index in [2.05, 4.69) is 35.8 Å². The van der Waals surface area contributed by atoms with E-state index in [0.717, 1.165) is 0 Å². The third-order valence-electron chi connectivity index (χ3n) is 4.56. The monoisotopic (exact) mass is 428 g/mol. The van der Waals surface area contributed by atoms with Crippen LogP contribution in [0.5, 0.6) is 0 Å². The average molecular weight is 428 g/mol. The molecule has 4 rings (SSSR count). The van der Waals surface area contributed by atoms with E-state index in [4.69, 9.17) is 0 Å². The lowest BCUT2D eigenvalue weighted by atomic mass is 10.1. The van der Waals surface area contributed by atoms with Gasteiger partial charge in [0.05, 0.1) is 17.4 Å². The van der Waals surface area contributed by atoms with Gasteiger partial charge in [0, 0.05) is 18.4 Å². The Bertz CT molecular complexity index is 1250. The van der Waals surface area contributed by atoms with Crippen molar-refractivity contribution < 1.29 is 9.59 Å². The molecule has 3 aromatic heterocycles. The maximum absolute atomic E-state index is 13.0. The van der Waals surface area contributed by atoms with Gasteiger partial charge in [0.25, 0.3) is 11.8 Å². The molecule has 0 saturated carbocycles. The first-order valence-electron chi connectivity index (χ1n) is 9.87. The number of carbonyl (C=O) groups is 2. The van der Waals surface area contributed by atoms with Crippen LogP contribution in [-0.2, 0) is 0 Å². The van der Waals surface area contributed by atoms with Gasteiger partial charge in [-0.3, -0.25) is 14.6 Å². The van der Waals surface area contributed by atoms with Gasteiger partial charge in [-0.05, 0) is 38.1 Å². The lowest BCUT2D eigenvalue weighted by Crippen LogP contribution is -2.19. The molecule has 0 radical (unpaired) electrons. The first-order valence-corrected chi connectivity index (χ1v) is 9.87. The van der Waals surface area contributed by atoms with Crippen LogP contribution >= 0.6 is 0 Å². The average Bonchev–Trinajstić information content (AvgIpc) is 3.31. The zero-order valence-corrected chi connectivity index (χ0v) is 17.4. The highest BCUT2D eigenvalue weighted by atomic mass is 16.2. The summed E-state index contributed by atoms with van der Waals surface area (Å²) in [6.07, 6.45) is 5.89. The van der Waals surface area contributed by atoms with Gasteiger partial charge in [0.2, 0.25) is 0 Å². The summed E-state index contributed by atoms with van der Waals surface area (Å²) in [5.41, 5.74) is 1.35. The van der Waals surface area contributed by atoms with Crippen LogP contribution in [0.2, 0.25) is 0 Å². The molecule has 2 amide bonds. The minimum absolute atomic E-state index is 0.145. The molecule has 10 nitrogen and oxygen atoms in total. The summed E-state index contributed by atoms with van der Waals surface area (Å²) in [6, 6.07) is 12.1. The Kier molecular flexibility index (Phi) is 5.93. The maximum atomic E-state index is 13.0. The lowest BCUT2D eigenvalue weighted by Gasteiger charge is -2.12. The SMILES string of the molecule is CC(C)n1cnnc1-c1cccc(NC(=O)c2ccccc2NC(=O)c2cnccn2)n1. The molecule has 1 aromatic carbocycles. The van der Waals surface area contributed by atoms with Crippen molar-refractivity contribution in [2.75, 3.05) is 10.6 Å². The van der Waals surface area contributed by atoms with Crippen LogP contribution in [0.1, 0.15) is 40.7 Å². The normalized spacial score (nSPS) is 10.7. The van der Waals surface area contributed by atoms with Crippen LogP contribution in [0, 0.1) is 0 Å². The van der Waals surface area contributed by atoms with E-state index in [1.54, 1.807) is 48.8 Å². The van der Waals surface area contributed by atoms with Crippen molar-refractivity contribution in [3.05, 3.63) is 78.6 Å². The molecule has 0 bridgehead atoms. The Morgan fingerprint density at radius 3 is 2.59 bits per heavy atom. The predicted molar refractivity (Wildman–Crippen MR) is 118 cm³/mol. The van der Waals surface area contributed by atoms with E-state index in [-0.39, 0.29) is 17.3 Å². The largest absolute Gasteiger partial charge is 0.320 e.